The summed E-state index contributed by atoms with van der Waals surface area (Å²) in [5, 5.41) is 0. The van der Waals surface area contributed by atoms with Crippen LogP contribution in [0.2, 0.25) is 0 Å². The van der Waals surface area contributed by atoms with Gasteiger partial charge in [-0.25, -0.2) is 9.97 Å². The van der Waals surface area contributed by atoms with Gasteiger partial charge in [-0.3, -0.25) is 4.79 Å². The molecule has 88 valence electrons. The molecule has 0 saturated carbocycles. The van der Waals surface area contributed by atoms with Crippen molar-refractivity contribution in [2.45, 2.75) is 32.9 Å². The molecule has 0 aromatic carbocycles. The van der Waals surface area contributed by atoms with E-state index in [2.05, 4.69) is 9.97 Å². The first-order chi connectivity index (χ1) is 7.54. The summed E-state index contributed by atoms with van der Waals surface area (Å²) in [6, 6.07) is 1.07. The number of carbonyl (C=O) groups excluding carboxylic acids is 1. The number of ketones is 1. The minimum atomic E-state index is -0.500. The lowest BCUT2D eigenvalue weighted by Crippen LogP contribution is -2.32. The Hall–Kier alpha value is -1.33. The summed E-state index contributed by atoms with van der Waals surface area (Å²) >= 11 is 0. The van der Waals surface area contributed by atoms with Gasteiger partial charge in [-0.1, -0.05) is 13.8 Å². The number of nitrogens with two attached hydrogens (primary N) is 2. The van der Waals surface area contributed by atoms with Crippen molar-refractivity contribution in [3.63, 3.8) is 0 Å². The summed E-state index contributed by atoms with van der Waals surface area (Å²) < 4.78 is 0. The van der Waals surface area contributed by atoms with E-state index in [1.54, 1.807) is 6.07 Å². The van der Waals surface area contributed by atoms with E-state index in [1.807, 2.05) is 13.8 Å². The molecule has 1 aromatic rings. The summed E-state index contributed by atoms with van der Waals surface area (Å²) in [6.07, 6.45) is 2.19. The molecule has 1 aromatic heterocycles. The van der Waals surface area contributed by atoms with Gasteiger partial charge in [0.1, 0.15) is 11.5 Å². The van der Waals surface area contributed by atoms with E-state index in [4.69, 9.17) is 11.5 Å². The fourth-order valence-corrected chi connectivity index (χ4v) is 1.44. The van der Waals surface area contributed by atoms with Gasteiger partial charge < -0.3 is 11.5 Å². The van der Waals surface area contributed by atoms with E-state index in [-0.39, 0.29) is 12.3 Å². The van der Waals surface area contributed by atoms with Gasteiger partial charge in [-0.15, -0.1) is 0 Å². The van der Waals surface area contributed by atoms with E-state index in [9.17, 15) is 4.79 Å². The monoisotopic (exact) mass is 222 g/mol. The van der Waals surface area contributed by atoms with Crippen molar-refractivity contribution >= 4 is 5.78 Å². The fraction of sp³-hybridized carbons (Fsp3) is 0.545. The first kappa shape index (κ1) is 12.7. The average Bonchev–Trinajstić information content (AvgIpc) is 2.27. The highest BCUT2D eigenvalue weighted by atomic mass is 16.1. The lowest BCUT2D eigenvalue weighted by atomic mass is 9.99. The molecule has 16 heavy (non-hydrogen) atoms. The van der Waals surface area contributed by atoms with Crippen LogP contribution in [0.5, 0.6) is 0 Å². The normalized spacial score (nSPS) is 12.8. The Morgan fingerprint density at radius 2 is 2.19 bits per heavy atom. The molecule has 0 bridgehead atoms. The second-order valence-corrected chi connectivity index (χ2v) is 4.16. The molecule has 1 rings (SSSR count). The zero-order valence-corrected chi connectivity index (χ0v) is 9.68. The largest absolute Gasteiger partial charge is 0.324 e. The maximum Gasteiger partial charge on any atom is 0.197 e. The van der Waals surface area contributed by atoms with Crippen molar-refractivity contribution in [2.24, 2.45) is 17.4 Å². The molecule has 0 saturated heterocycles. The third-order valence-corrected chi connectivity index (χ3v) is 2.20. The van der Waals surface area contributed by atoms with E-state index < -0.39 is 6.04 Å². The van der Waals surface area contributed by atoms with Crippen LogP contribution in [0, 0.1) is 5.92 Å². The number of Topliss-reactive ketones (excluding diaryl/α,β-unsaturated/α-hetero) is 1. The lowest BCUT2D eigenvalue weighted by Gasteiger charge is -2.12. The van der Waals surface area contributed by atoms with Gasteiger partial charge in [0.2, 0.25) is 0 Å². The molecule has 4 N–H and O–H groups in total. The zero-order valence-electron chi connectivity index (χ0n) is 9.68. The molecule has 5 heteroatoms. The molecule has 0 amide bonds. The first-order valence-corrected chi connectivity index (χ1v) is 5.36. The molecule has 0 aliphatic heterocycles. The van der Waals surface area contributed by atoms with Crippen LogP contribution in [0.3, 0.4) is 0 Å². The maximum atomic E-state index is 11.9. The quantitative estimate of drug-likeness (QED) is 0.707. The molecule has 0 radical (unpaired) electrons. The van der Waals surface area contributed by atoms with E-state index in [0.29, 0.717) is 23.9 Å². The molecule has 0 fully saturated rings. The molecule has 1 heterocycles. The molecular formula is C11H18N4O. The van der Waals surface area contributed by atoms with Crippen molar-refractivity contribution in [1.82, 2.24) is 9.97 Å². The summed E-state index contributed by atoms with van der Waals surface area (Å²) in [5.74, 6) is 0.697. The van der Waals surface area contributed by atoms with Gasteiger partial charge in [-0.05, 0) is 18.4 Å². The minimum absolute atomic E-state index is 0.147. The van der Waals surface area contributed by atoms with Gasteiger partial charge in [0.25, 0.3) is 0 Å². The highest BCUT2D eigenvalue weighted by Crippen LogP contribution is 2.07. The third-order valence-electron chi connectivity index (χ3n) is 2.20. The molecule has 1 unspecified atom stereocenters. The second kappa shape index (κ2) is 5.67. The van der Waals surface area contributed by atoms with Gasteiger partial charge in [0, 0.05) is 6.20 Å². The fourth-order valence-electron chi connectivity index (χ4n) is 1.44. The van der Waals surface area contributed by atoms with Gasteiger partial charge in [-0.2, -0.15) is 0 Å². The van der Waals surface area contributed by atoms with Crippen LogP contribution in [0.1, 0.15) is 36.6 Å². The maximum absolute atomic E-state index is 11.9. The smallest absolute Gasteiger partial charge is 0.197 e. The minimum Gasteiger partial charge on any atom is -0.324 e. The van der Waals surface area contributed by atoms with E-state index >= 15 is 0 Å². The molecule has 0 aliphatic rings. The molecule has 0 aliphatic carbocycles. The Morgan fingerprint density at radius 1 is 1.50 bits per heavy atom. The summed E-state index contributed by atoms with van der Waals surface area (Å²) in [4.78, 5) is 19.9. The average molecular weight is 222 g/mol. The van der Waals surface area contributed by atoms with Crippen molar-refractivity contribution in [3.8, 4) is 0 Å². The highest BCUT2D eigenvalue weighted by Gasteiger charge is 2.18. The van der Waals surface area contributed by atoms with Crippen LogP contribution in [0.4, 0.5) is 0 Å². The molecule has 1 atom stereocenters. The van der Waals surface area contributed by atoms with Crippen LogP contribution < -0.4 is 11.5 Å². The van der Waals surface area contributed by atoms with Crippen molar-refractivity contribution in [2.75, 3.05) is 0 Å². The number of carbonyl (C=O) groups is 1. The third kappa shape index (κ3) is 3.36. The van der Waals surface area contributed by atoms with Gasteiger partial charge in [0.05, 0.1) is 12.6 Å². The standard InChI is InChI=1S/C11H18N4O/c1-7(2)5-8(13)11(16)9-3-4-14-10(6-12)15-9/h3-4,7-8H,5-6,12-13H2,1-2H3. The van der Waals surface area contributed by atoms with E-state index in [1.165, 1.54) is 6.20 Å². The molecular weight excluding hydrogens is 204 g/mol. The predicted octanol–water partition coefficient (Wildman–Crippen LogP) is 0.491. The number of hydrogen-bond acceptors (Lipinski definition) is 5. The number of hydrogen-bond donors (Lipinski definition) is 2. The number of rotatable bonds is 5. The second-order valence-electron chi connectivity index (χ2n) is 4.16. The molecule has 0 spiro atoms. The Labute approximate surface area is 95.3 Å². The van der Waals surface area contributed by atoms with E-state index in [0.717, 1.165) is 0 Å². The Kier molecular flexibility index (Phi) is 4.52. The predicted molar refractivity (Wildman–Crippen MR) is 61.7 cm³/mol. The summed E-state index contributed by atoms with van der Waals surface area (Å²) in [6.45, 7) is 4.28. The van der Waals surface area contributed by atoms with Crippen molar-refractivity contribution in [1.29, 1.82) is 0 Å². The van der Waals surface area contributed by atoms with Crippen molar-refractivity contribution in [3.05, 3.63) is 23.8 Å². The van der Waals surface area contributed by atoms with Crippen LogP contribution in [0.25, 0.3) is 0 Å². The topological polar surface area (TPSA) is 94.9 Å². The number of aromatic nitrogens is 2. The summed E-state index contributed by atoms with van der Waals surface area (Å²) in [7, 11) is 0. The van der Waals surface area contributed by atoms with Gasteiger partial charge >= 0.3 is 0 Å². The Morgan fingerprint density at radius 3 is 2.75 bits per heavy atom. The highest BCUT2D eigenvalue weighted by molar-refractivity contribution is 5.98. The lowest BCUT2D eigenvalue weighted by molar-refractivity contribution is 0.0945. The Bertz CT molecular complexity index is 365. The number of nitrogens with zero attached hydrogens (tertiary/aromatic N) is 2. The van der Waals surface area contributed by atoms with Crippen molar-refractivity contribution < 1.29 is 4.79 Å². The SMILES string of the molecule is CC(C)CC(N)C(=O)c1ccnc(CN)n1. The van der Waals surface area contributed by atoms with Gasteiger partial charge in [0.15, 0.2) is 5.78 Å². The van der Waals surface area contributed by atoms with Crippen LogP contribution in [0.15, 0.2) is 12.3 Å². The zero-order chi connectivity index (χ0) is 12.1. The van der Waals surface area contributed by atoms with Crippen LogP contribution >= 0.6 is 0 Å². The van der Waals surface area contributed by atoms with Crippen LogP contribution in [-0.4, -0.2) is 21.8 Å². The Balaban J connectivity index is 2.79. The molecule has 5 nitrogen and oxygen atoms in total. The summed E-state index contributed by atoms with van der Waals surface area (Å²) in [5.41, 5.74) is 11.6. The first-order valence-electron chi connectivity index (χ1n) is 5.36. The van der Waals surface area contributed by atoms with Crippen LogP contribution in [-0.2, 0) is 6.54 Å².